The molecule has 36 heavy (non-hydrogen) atoms. The van der Waals surface area contributed by atoms with Gasteiger partial charge in [-0.25, -0.2) is 4.68 Å². The highest BCUT2D eigenvalue weighted by Crippen LogP contribution is 2.32. The van der Waals surface area contributed by atoms with Gasteiger partial charge in [0, 0.05) is 18.7 Å². The number of hydrogen-bond donors (Lipinski definition) is 1. The highest BCUT2D eigenvalue weighted by molar-refractivity contribution is 6.00. The monoisotopic (exact) mass is 494 g/mol. The molecule has 0 saturated heterocycles. The van der Waals surface area contributed by atoms with E-state index in [1.54, 1.807) is 24.1 Å². The predicted molar refractivity (Wildman–Crippen MR) is 129 cm³/mol. The van der Waals surface area contributed by atoms with E-state index in [2.05, 4.69) is 10.4 Å². The van der Waals surface area contributed by atoms with Gasteiger partial charge in [-0.3, -0.25) is 4.79 Å². The Hall–Kier alpha value is -4.01. The summed E-state index contributed by atoms with van der Waals surface area (Å²) in [6.45, 7) is 5.32. The summed E-state index contributed by atoms with van der Waals surface area (Å²) in [7, 11) is 0. The Morgan fingerprint density at radius 1 is 1.06 bits per heavy atom. The first-order valence-electron chi connectivity index (χ1n) is 11.6. The first kappa shape index (κ1) is 23.7. The molecule has 6 nitrogen and oxygen atoms in total. The maximum Gasteiger partial charge on any atom is 0.416 e. The van der Waals surface area contributed by atoms with Gasteiger partial charge in [-0.1, -0.05) is 36.4 Å². The van der Waals surface area contributed by atoms with E-state index >= 15 is 0 Å². The van der Waals surface area contributed by atoms with Crippen LogP contribution in [0, 0.1) is 6.92 Å². The fourth-order valence-corrected chi connectivity index (χ4v) is 4.55. The number of benzene rings is 2. The topological polar surface area (TPSA) is 63.3 Å². The van der Waals surface area contributed by atoms with Crippen LogP contribution in [0.3, 0.4) is 0 Å². The number of nitrogens with one attached hydrogen (secondary N) is 1. The Kier molecular flexibility index (Phi) is 6.07. The Bertz CT molecular complexity index is 1360. The molecule has 4 aromatic rings. The molecule has 1 aliphatic rings. The number of carbonyl (C=O) groups excluding carboxylic acids is 1. The number of aromatic nitrogens is 2. The molecule has 0 fully saturated rings. The second-order valence-electron chi connectivity index (χ2n) is 8.95. The van der Waals surface area contributed by atoms with Gasteiger partial charge in [0.1, 0.15) is 11.4 Å². The molecule has 0 bridgehead atoms. The third kappa shape index (κ3) is 4.60. The lowest BCUT2D eigenvalue weighted by Crippen LogP contribution is -2.29. The van der Waals surface area contributed by atoms with E-state index in [1.165, 1.54) is 12.1 Å². The molecular formula is C27H25F3N4O2. The second-order valence-corrected chi connectivity index (χ2v) is 8.95. The van der Waals surface area contributed by atoms with Crippen molar-refractivity contribution < 1.29 is 22.4 Å². The van der Waals surface area contributed by atoms with Crippen molar-refractivity contribution in [3.8, 4) is 11.1 Å². The Labute approximate surface area is 206 Å². The maximum atomic E-state index is 13.3. The van der Waals surface area contributed by atoms with Gasteiger partial charge in [-0.05, 0) is 48.7 Å². The predicted octanol–water partition coefficient (Wildman–Crippen LogP) is 5.98. The van der Waals surface area contributed by atoms with Crippen LogP contribution < -0.4 is 10.2 Å². The number of halogens is 3. The number of rotatable bonds is 6. The zero-order valence-corrected chi connectivity index (χ0v) is 19.8. The van der Waals surface area contributed by atoms with Crippen molar-refractivity contribution in [2.24, 2.45) is 0 Å². The van der Waals surface area contributed by atoms with Gasteiger partial charge in [0.25, 0.3) is 5.91 Å². The Morgan fingerprint density at radius 2 is 1.78 bits per heavy atom. The van der Waals surface area contributed by atoms with Crippen molar-refractivity contribution >= 4 is 11.7 Å². The fraction of sp³-hybridized carbons (Fsp3) is 0.259. The highest BCUT2D eigenvalue weighted by atomic mass is 19.4. The van der Waals surface area contributed by atoms with E-state index in [0.29, 0.717) is 36.7 Å². The number of anilines is 1. The molecular weight excluding hydrogens is 469 g/mol. The molecule has 1 atom stereocenters. The van der Waals surface area contributed by atoms with Gasteiger partial charge in [-0.15, -0.1) is 0 Å². The van der Waals surface area contributed by atoms with Gasteiger partial charge in [0.2, 0.25) is 0 Å². The van der Waals surface area contributed by atoms with Crippen LogP contribution in [0.2, 0.25) is 0 Å². The zero-order valence-electron chi connectivity index (χ0n) is 19.8. The third-order valence-electron chi connectivity index (χ3n) is 6.48. The van der Waals surface area contributed by atoms with Crippen LogP contribution in [-0.4, -0.2) is 22.2 Å². The molecule has 186 valence electrons. The lowest BCUT2D eigenvalue weighted by Gasteiger charge is -2.20. The minimum Gasteiger partial charge on any atom is -0.472 e. The molecule has 0 saturated carbocycles. The molecule has 5 rings (SSSR count). The van der Waals surface area contributed by atoms with Crippen molar-refractivity contribution in [1.29, 1.82) is 0 Å². The van der Waals surface area contributed by atoms with E-state index in [4.69, 9.17) is 4.42 Å². The molecule has 1 amide bonds. The number of nitrogens with zero attached hydrogens (tertiary/aromatic N) is 3. The molecule has 0 aliphatic carbocycles. The minimum atomic E-state index is -4.37. The SMILES string of the molecule is Cc1nn2c(c1C(=O)N[C@@H](C)c1ccc(-c3ccoc3)cc1)N(Cc1ccc(C(F)(F)F)cc1)CC2. The standard InChI is InChI=1S/C27H25F3N4O2/c1-17(20-5-7-21(8-6-20)22-11-14-36-16-22)31-25(35)24-18(2)32-34-13-12-33(26(24)34)15-19-3-9-23(10-4-19)27(28,29)30/h3-11,14,16-17H,12-13,15H2,1-2H3,(H,31,35)/t17-/m0/s1. The largest absolute Gasteiger partial charge is 0.472 e. The normalized spacial score (nSPS) is 14.1. The number of fused-ring (bicyclic) bond motifs is 1. The summed E-state index contributed by atoms with van der Waals surface area (Å²) in [5.41, 5.74) is 4.11. The number of furan rings is 1. The fourth-order valence-electron chi connectivity index (χ4n) is 4.55. The van der Waals surface area contributed by atoms with Crippen LogP contribution in [0.5, 0.6) is 0 Å². The van der Waals surface area contributed by atoms with Gasteiger partial charge < -0.3 is 14.6 Å². The van der Waals surface area contributed by atoms with E-state index in [1.807, 2.05) is 42.2 Å². The summed E-state index contributed by atoms with van der Waals surface area (Å²) in [4.78, 5) is 15.3. The van der Waals surface area contributed by atoms with Crippen molar-refractivity contribution in [3.63, 3.8) is 0 Å². The summed E-state index contributed by atoms with van der Waals surface area (Å²) in [5, 5.41) is 7.60. The Morgan fingerprint density at radius 3 is 2.42 bits per heavy atom. The van der Waals surface area contributed by atoms with Gasteiger partial charge in [0.05, 0.1) is 36.4 Å². The van der Waals surface area contributed by atoms with Crippen molar-refractivity contribution in [1.82, 2.24) is 15.1 Å². The van der Waals surface area contributed by atoms with Crippen LogP contribution in [0.25, 0.3) is 11.1 Å². The number of aryl methyl sites for hydroxylation is 1. The highest BCUT2D eigenvalue weighted by Gasteiger charge is 2.32. The maximum absolute atomic E-state index is 13.3. The molecule has 2 aromatic heterocycles. The minimum absolute atomic E-state index is 0.237. The molecule has 0 unspecified atom stereocenters. The lowest BCUT2D eigenvalue weighted by molar-refractivity contribution is -0.137. The van der Waals surface area contributed by atoms with Crippen LogP contribution >= 0.6 is 0 Å². The number of hydrogen-bond acceptors (Lipinski definition) is 4. The van der Waals surface area contributed by atoms with Gasteiger partial charge in [0.15, 0.2) is 0 Å². The molecule has 1 aliphatic heterocycles. The number of alkyl halides is 3. The average molecular weight is 495 g/mol. The molecule has 2 aromatic carbocycles. The summed E-state index contributed by atoms with van der Waals surface area (Å²) in [6.07, 6.45) is -1.07. The van der Waals surface area contributed by atoms with Crippen molar-refractivity contribution in [2.75, 3.05) is 11.4 Å². The average Bonchev–Trinajstić information content (AvgIpc) is 3.57. The van der Waals surface area contributed by atoms with E-state index in [-0.39, 0.29) is 11.9 Å². The van der Waals surface area contributed by atoms with Gasteiger partial charge >= 0.3 is 6.18 Å². The van der Waals surface area contributed by atoms with Crippen LogP contribution in [0.1, 0.15) is 45.7 Å². The van der Waals surface area contributed by atoms with Crippen LogP contribution in [-0.2, 0) is 19.3 Å². The Balaban J connectivity index is 1.32. The van der Waals surface area contributed by atoms with Crippen molar-refractivity contribution in [2.45, 2.75) is 39.2 Å². The van der Waals surface area contributed by atoms with Gasteiger partial charge in [-0.2, -0.15) is 18.3 Å². The summed E-state index contributed by atoms with van der Waals surface area (Å²) in [5.74, 6) is 0.451. The van der Waals surface area contributed by atoms with E-state index in [0.717, 1.165) is 34.4 Å². The molecule has 0 radical (unpaired) electrons. The third-order valence-corrected chi connectivity index (χ3v) is 6.48. The van der Waals surface area contributed by atoms with E-state index < -0.39 is 11.7 Å². The number of carbonyl (C=O) groups is 1. The van der Waals surface area contributed by atoms with Crippen LogP contribution in [0.4, 0.5) is 19.0 Å². The van der Waals surface area contributed by atoms with Crippen molar-refractivity contribution in [3.05, 3.63) is 95.1 Å². The number of amides is 1. The van der Waals surface area contributed by atoms with Crippen LogP contribution in [0.15, 0.2) is 71.5 Å². The quantitative estimate of drug-likeness (QED) is 0.358. The molecule has 0 spiro atoms. The summed E-state index contributed by atoms with van der Waals surface area (Å²) in [6, 6.07) is 14.7. The lowest BCUT2D eigenvalue weighted by atomic mass is 10.0. The first-order valence-corrected chi connectivity index (χ1v) is 11.6. The summed E-state index contributed by atoms with van der Waals surface area (Å²) >= 11 is 0. The zero-order chi connectivity index (χ0) is 25.4. The second kappa shape index (κ2) is 9.22. The first-order chi connectivity index (χ1) is 17.2. The van der Waals surface area contributed by atoms with E-state index in [9.17, 15) is 18.0 Å². The molecule has 3 heterocycles. The molecule has 9 heteroatoms. The molecule has 1 N–H and O–H groups in total. The summed E-state index contributed by atoms with van der Waals surface area (Å²) < 4.78 is 45.6. The smallest absolute Gasteiger partial charge is 0.416 e.